The third-order valence-electron chi connectivity index (χ3n) is 5.70. The van der Waals surface area contributed by atoms with E-state index in [1.165, 1.54) is 5.57 Å². The summed E-state index contributed by atoms with van der Waals surface area (Å²) in [6, 6.07) is 8.18. The summed E-state index contributed by atoms with van der Waals surface area (Å²) in [5.74, 6) is 0.174. The molecule has 4 aromatic rings. The second kappa shape index (κ2) is 8.05. The lowest BCUT2D eigenvalue weighted by Crippen LogP contribution is -2.50. The zero-order valence-corrected chi connectivity index (χ0v) is 18.0. The Morgan fingerprint density at radius 1 is 1.10 bits per heavy atom. The van der Waals surface area contributed by atoms with Crippen LogP contribution >= 0.6 is 23.7 Å². The number of morpholine rings is 1. The number of aromatic hydroxyl groups is 1. The lowest BCUT2D eigenvalue weighted by Gasteiger charge is -2.34. The molecule has 7 nitrogen and oxygen atoms in total. The maximum absolute atomic E-state index is 10.6. The molecule has 3 N–H and O–H groups in total. The molecule has 1 aromatic carbocycles. The molecule has 2 aliphatic rings. The van der Waals surface area contributed by atoms with Crippen LogP contribution in [0.25, 0.3) is 38.2 Å². The Kier molecular flexibility index (Phi) is 5.23. The average Bonchev–Trinajstić information content (AvgIpc) is 3.43. The van der Waals surface area contributed by atoms with Gasteiger partial charge in [0.05, 0.1) is 29.8 Å². The number of aromatic nitrogens is 4. The topological polar surface area (TPSA) is 96.0 Å². The Labute approximate surface area is 188 Å². The van der Waals surface area contributed by atoms with E-state index in [0.717, 1.165) is 39.9 Å². The van der Waals surface area contributed by atoms with Crippen LogP contribution in [-0.2, 0) is 4.74 Å². The molecule has 2 bridgehead atoms. The van der Waals surface area contributed by atoms with E-state index in [4.69, 9.17) is 4.74 Å². The van der Waals surface area contributed by atoms with Crippen LogP contribution in [0.1, 0.15) is 12.0 Å². The third kappa shape index (κ3) is 3.61. The van der Waals surface area contributed by atoms with E-state index in [9.17, 15) is 5.11 Å². The molecular formula is C22H20ClN5O2S. The van der Waals surface area contributed by atoms with Crippen molar-refractivity contribution in [1.82, 2.24) is 25.7 Å². The molecule has 31 heavy (non-hydrogen) atoms. The lowest BCUT2D eigenvalue weighted by atomic mass is 9.92. The fourth-order valence-electron chi connectivity index (χ4n) is 4.25. The summed E-state index contributed by atoms with van der Waals surface area (Å²) >= 11 is 1.66. The van der Waals surface area contributed by atoms with Gasteiger partial charge in [-0.05, 0) is 35.8 Å². The number of hydrogen-bond donors (Lipinski definition) is 3. The summed E-state index contributed by atoms with van der Waals surface area (Å²) < 4.78 is 6.70. The monoisotopic (exact) mass is 453 g/mol. The van der Waals surface area contributed by atoms with Crippen molar-refractivity contribution in [3.63, 3.8) is 0 Å². The SMILES string of the molecule is Cl.Oc1cc(-c2cn[nH]c2)ccc1-c1cc2scc(C3=CC4COCC(C3)N4)c2nn1. The van der Waals surface area contributed by atoms with Crippen LogP contribution in [0.2, 0.25) is 0 Å². The summed E-state index contributed by atoms with van der Waals surface area (Å²) in [4.78, 5) is 0. The van der Waals surface area contributed by atoms with Gasteiger partial charge in [-0.2, -0.15) is 5.10 Å². The van der Waals surface area contributed by atoms with Gasteiger partial charge in [0.2, 0.25) is 0 Å². The standard InChI is InChI=1S/C22H19N5O2S.ClH/c28-20-5-12(14-7-23-24-8-14)1-2-17(20)19-6-21-22(27-26-19)18(11-30-21)13-3-15-9-29-10-16(4-13)25-15;/h1-3,5-8,11,15-16,25,28H,4,9-10H2,(H,23,24);1H. The van der Waals surface area contributed by atoms with Crippen LogP contribution < -0.4 is 5.32 Å². The predicted octanol–water partition coefficient (Wildman–Crippen LogP) is 4.02. The van der Waals surface area contributed by atoms with E-state index in [1.54, 1.807) is 29.8 Å². The number of nitrogens with zero attached hydrogens (tertiary/aromatic N) is 3. The van der Waals surface area contributed by atoms with Crippen molar-refractivity contribution in [2.45, 2.75) is 18.5 Å². The van der Waals surface area contributed by atoms with Gasteiger partial charge < -0.3 is 15.2 Å². The van der Waals surface area contributed by atoms with Gasteiger partial charge in [-0.15, -0.1) is 33.9 Å². The van der Waals surface area contributed by atoms with Gasteiger partial charge >= 0.3 is 0 Å². The first-order chi connectivity index (χ1) is 14.7. The molecule has 0 spiro atoms. The Morgan fingerprint density at radius 3 is 2.84 bits per heavy atom. The highest BCUT2D eigenvalue weighted by molar-refractivity contribution is 7.17. The van der Waals surface area contributed by atoms with Crippen molar-refractivity contribution >= 4 is 39.5 Å². The molecule has 158 valence electrons. The summed E-state index contributed by atoms with van der Waals surface area (Å²) in [6.45, 7) is 1.46. The summed E-state index contributed by atoms with van der Waals surface area (Å²) in [5, 5.41) is 32.1. The molecular weight excluding hydrogens is 434 g/mol. The average molecular weight is 454 g/mol. The number of hydrogen-bond acceptors (Lipinski definition) is 7. The van der Waals surface area contributed by atoms with Gasteiger partial charge in [0.25, 0.3) is 0 Å². The highest BCUT2D eigenvalue weighted by Gasteiger charge is 2.28. The predicted molar refractivity (Wildman–Crippen MR) is 123 cm³/mol. The number of thiophene rings is 1. The molecule has 2 unspecified atom stereocenters. The van der Waals surface area contributed by atoms with Crippen molar-refractivity contribution in [3.05, 3.63) is 53.7 Å². The number of phenols is 1. The largest absolute Gasteiger partial charge is 0.507 e. The van der Waals surface area contributed by atoms with Gasteiger partial charge in [-0.1, -0.05) is 12.1 Å². The van der Waals surface area contributed by atoms with E-state index in [2.05, 4.69) is 37.2 Å². The summed E-state index contributed by atoms with van der Waals surface area (Å²) in [6.07, 6.45) is 6.71. The number of phenolic OH excluding ortho intramolecular Hbond substituents is 1. The minimum atomic E-state index is 0. The summed E-state index contributed by atoms with van der Waals surface area (Å²) in [5.41, 5.74) is 6.54. The van der Waals surface area contributed by atoms with Crippen LogP contribution in [-0.4, -0.2) is 50.8 Å². The number of benzene rings is 1. The highest BCUT2D eigenvalue weighted by Crippen LogP contribution is 2.37. The molecule has 0 saturated carbocycles. The van der Waals surface area contributed by atoms with Gasteiger partial charge in [0.1, 0.15) is 11.3 Å². The molecule has 3 aromatic heterocycles. The minimum absolute atomic E-state index is 0. The number of rotatable bonds is 3. The number of aromatic amines is 1. The first kappa shape index (κ1) is 20.1. The Morgan fingerprint density at radius 2 is 2.03 bits per heavy atom. The second-order valence-corrected chi connectivity index (χ2v) is 8.63. The van der Waals surface area contributed by atoms with Crippen molar-refractivity contribution < 1.29 is 9.84 Å². The number of fused-ring (bicyclic) bond motifs is 3. The minimum Gasteiger partial charge on any atom is -0.507 e. The van der Waals surface area contributed by atoms with E-state index in [-0.39, 0.29) is 24.2 Å². The van der Waals surface area contributed by atoms with Gasteiger partial charge in [0, 0.05) is 40.4 Å². The molecule has 2 aliphatic heterocycles. The molecule has 0 aliphatic carbocycles. The Bertz CT molecular complexity index is 1270. The van der Waals surface area contributed by atoms with Gasteiger partial charge in [-0.25, -0.2) is 0 Å². The van der Waals surface area contributed by atoms with Crippen LogP contribution in [0, 0.1) is 0 Å². The smallest absolute Gasteiger partial charge is 0.125 e. The molecule has 1 saturated heterocycles. The molecule has 9 heteroatoms. The van der Waals surface area contributed by atoms with Crippen molar-refractivity contribution in [1.29, 1.82) is 0 Å². The fourth-order valence-corrected chi connectivity index (χ4v) is 5.20. The van der Waals surface area contributed by atoms with E-state index in [1.807, 2.05) is 18.2 Å². The number of ether oxygens (including phenoxy) is 1. The number of nitrogens with one attached hydrogen (secondary N) is 2. The Hall–Kier alpha value is -2.78. The van der Waals surface area contributed by atoms with E-state index < -0.39 is 0 Å². The van der Waals surface area contributed by atoms with Gasteiger partial charge in [-0.3, -0.25) is 5.10 Å². The van der Waals surface area contributed by atoms with Gasteiger partial charge in [0.15, 0.2) is 0 Å². The highest BCUT2D eigenvalue weighted by atomic mass is 35.5. The molecule has 0 amide bonds. The molecule has 0 radical (unpaired) electrons. The van der Waals surface area contributed by atoms with Crippen LogP contribution in [0.3, 0.4) is 0 Å². The van der Waals surface area contributed by atoms with Crippen molar-refractivity contribution in [2.75, 3.05) is 13.2 Å². The first-order valence-electron chi connectivity index (χ1n) is 9.87. The lowest BCUT2D eigenvalue weighted by molar-refractivity contribution is 0.0561. The maximum Gasteiger partial charge on any atom is 0.125 e. The van der Waals surface area contributed by atoms with Crippen LogP contribution in [0.5, 0.6) is 5.75 Å². The zero-order chi connectivity index (χ0) is 20.1. The van der Waals surface area contributed by atoms with E-state index >= 15 is 0 Å². The molecule has 1 fully saturated rings. The van der Waals surface area contributed by atoms with Crippen molar-refractivity contribution in [2.24, 2.45) is 0 Å². The fraction of sp³-hybridized carbons (Fsp3) is 0.227. The van der Waals surface area contributed by atoms with Crippen molar-refractivity contribution in [3.8, 4) is 28.1 Å². The molecule has 6 rings (SSSR count). The first-order valence-corrected chi connectivity index (χ1v) is 10.7. The Balaban J connectivity index is 0.00000204. The second-order valence-electron chi connectivity index (χ2n) is 7.71. The maximum atomic E-state index is 10.6. The number of halogens is 1. The van der Waals surface area contributed by atoms with Crippen LogP contribution in [0.15, 0.2) is 48.1 Å². The number of H-pyrrole nitrogens is 1. The quantitative estimate of drug-likeness (QED) is 0.433. The van der Waals surface area contributed by atoms with E-state index in [0.29, 0.717) is 23.9 Å². The summed E-state index contributed by atoms with van der Waals surface area (Å²) in [7, 11) is 0. The van der Waals surface area contributed by atoms with Crippen LogP contribution in [0.4, 0.5) is 0 Å². The molecule has 5 heterocycles. The third-order valence-corrected chi connectivity index (χ3v) is 6.62. The zero-order valence-electron chi connectivity index (χ0n) is 16.4. The molecule has 2 atom stereocenters. The normalized spacial score (nSPS) is 20.3.